The molecule has 0 aliphatic carbocycles. The number of rotatable bonds is 8. The molecule has 4 aromatic rings. The van der Waals surface area contributed by atoms with Crippen LogP contribution in [0.4, 0.5) is 5.82 Å². The number of fused-ring (bicyclic) bond motifs is 2. The van der Waals surface area contributed by atoms with Crippen molar-refractivity contribution in [2.24, 2.45) is 0 Å². The second kappa shape index (κ2) is 9.03. The van der Waals surface area contributed by atoms with Crippen LogP contribution < -0.4 is 15.8 Å². The second-order valence-corrected chi connectivity index (χ2v) is 8.90. The molecule has 4 heterocycles. The van der Waals surface area contributed by atoms with Gasteiger partial charge in [0.25, 0.3) is 0 Å². The Kier molecular flexibility index (Phi) is 5.95. The zero-order chi connectivity index (χ0) is 22.9. The lowest BCUT2D eigenvalue weighted by Crippen LogP contribution is -2.24. The first-order valence-electron chi connectivity index (χ1n) is 11.2. The summed E-state index contributed by atoms with van der Waals surface area (Å²) in [7, 11) is 0. The van der Waals surface area contributed by atoms with Crippen molar-refractivity contribution in [2.75, 3.05) is 18.9 Å². The molecule has 9 heteroatoms. The Morgan fingerprint density at radius 2 is 2.12 bits per heavy atom. The Balaban J connectivity index is 1.56. The molecule has 0 amide bonds. The van der Waals surface area contributed by atoms with Crippen LogP contribution in [0.25, 0.3) is 22.5 Å². The number of nitrogens with two attached hydrogens (primary N) is 1. The van der Waals surface area contributed by atoms with Crippen molar-refractivity contribution in [3.63, 3.8) is 0 Å². The number of nitrogen functional groups attached to an aromatic ring is 1. The molecule has 0 fully saturated rings. The minimum Gasteiger partial charge on any atom is -0.493 e. The Bertz CT molecular complexity index is 1280. The van der Waals surface area contributed by atoms with Crippen LogP contribution in [0.2, 0.25) is 5.28 Å². The topological polar surface area (TPSA) is 104 Å². The standard InChI is InChI=1S/C24H27ClN6O2/c1-14(2)27-7-4-8-31-20(28-21-22(26)29-24(25)30-23(21)31)12-16-11-15-6-10-33-19(15)13-17(16)18-5-3-9-32-18/h3,5,9,11,13-14,27H,4,6-8,10,12H2,1-2H3,(H2,26,29,30). The quantitative estimate of drug-likeness (QED) is 0.295. The monoisotopic (exact) mass is 466 g/mol. The lowest BCUT2D eigenvalue weighted by Gasteiger charge is -2.13. The van der Waals surface area contributed by atoms with E-state index in [2.05, 4.69) is 45.8 Å². The summed E-state index contributed by atoms with van der Waals surface area (Å²) in [5, 5.41) is 3.58. The summed E-state index contributed by atoms with van der Waals surface area (Å²) in [6, 6.07) is 8.56. The van der Waals surface area contributed by atoms with Crippen molar-refractivity contribution in [1.82, 2.24) is 24.8 Å². The highest BCUT2D eigenvalue weighted by Gasteiger charge is 2.22. The van der Waals surface area contributed by atoms with Gasteiger partial charge in [0.15, 0.2) is 17.0 Å². The van der Waals surface area contributed by atoms with Crippen LogP contribution in [-0.4, -0.2) is 38.7 Å². The van der Waals surface area contributed by atoms with E-state index >= 15 is 0 Å². The van der Waals surface area contributed by atoms with Gasteiger partial charge in [-0.2, -0.15) is 9.97 Å². The fourth-order valence-electron chi connectivity index (χ4n) is 4.29. The zero-order valence-corrected chi connectivity index (χ0v) is 19.5. The van der Waals surface area contributed by atoms with Gasteiger partial charge in [-0.05, 0) is 53.9 Å². The van der Waals surface area contributed by atoms with Gasteiger partial charge < -0.3 is 24.8 Å². The SMILES string of the molecule is CC(C)NCCCn1c(Cc2cc3c(cc2-c2ccco2)OCC3)nc2c(N)nc(Cl)nc21. The number of furan rings is 1. The normalized spacial score (nSPS) is 13.1. The first-order chi connectivity index (χ1) is 16.0. The first-order valence-corrected chi connectivity index (χ1v) is 11.6. The molecule has 33 heavy (non-hydrogen) atoms. The Labute approximate surface area is 197 Å². The fraction of sp³-hybridized carbons (Fsp3) is 0.375. The number of nitrogens with zero attached hydrogens (tertiary/aromatic N) is 4. The highest BCUT2D eigenvalue weighted by Crippen LogP contribution is 2.36. The number of aromatic nitrogens is 4. The van der Waals surface area contributed by atoms with E-state index in [-0.39, 0.29) is 5.28 Å². The molecular formula is C24H27ClN6O2. The van der Waals surface area contributed by atoms with Gasteiger partial charge in [0.05, 0.1) is 12.9 Å². The van der Waals surface area contributed by atoms with E-state index < -0.39 is 0 Å². The third kappa shape index (κ3) is 4.41. The molecule has 1 aliphatic heterocycles. The Morgan fingerprint density at radius 3 is 2.91 bits per heavy atom. The maximum atomic E-state index is 6.15. The Hall–Kier alpha value is -3.10. The molecule has 0 spiro atoms. The second-order valence-electron chi connectivity index (χ2n) is 8.56. The summed E-state index contributed by atoms with van der Waals surface area (Å²) >= 11 is 6.14. The van der Waals surface area contributed by atoms with Crippen LogP contribution in [0.15, 0.2) is 34.9 Å². The van der Waals surface area contributed by atoms with E-state index in [4.69, 9.17) is 31.5 Å². The van der Waals surface area contributed by atoms with Gasteiger partial charge >= 0.3 is 0 Å². The van der Waals surface area contributed by atoms with Crippen molar-refractivity contribution in [2.45, 2.75) is 45.7 Å². The lowest BCUT2D eigenvalue weighted by atomic mass is 9.98. The van der Waals surface area contributed by atoms with E-state index in [1.165, 1.54) is 5.56 Å². The molecule has 5 rings (SSSR count). The Morgan fingerprint density at radius 1 is 1.24 bits per heavy atom. The molecule has 1 aromatic carbocycles. The summed E-state index contributed by atoms with van der Waals surface area (Å²) in [6.07, 6.45) is 4.09. The van der Waals surface area contributed by atoms with E-state index in [0.717, 1.165) is 54.4 Å². The number of aryl methyl sites for hydroxylation is 1. The number of ether oxygens (including phenoxy) is 1. The largest absolute Gasteiger partial charge is 0.493 e. The van der Waals surface area contributed by atoms with E-state index in [0.29, 0.717) is 36.1 Å². The third-order valence-corrected chi connectivity index (χ3v) is 6.00. The molecular weight excluding hydrogens is 440 g/mol. The van der Waals surface area contributed by atoms with Crippen molar-refractivity contribution < 1.29 is 9.15 Å². The molecule has 0 saturated heterocycles. The molecule has 0 saturated carbocycles. The minimum absolute atomic E-state index is 0.124. The number of benzene rings is 1. The average Bonchev–Trinajstić information content (AvgIpc) is 3.51. The molecule has 3 N–H and O–H groups in total. The number of nitrogens with one attached hydrogen (secondary N) is 1. The van der Waals surface area contributed by atoms with Crippen LogP contribution in [0, 0.1) is 0 Å². The summed E-state index contributed by atoms with van der Waals surface area (Å²) in [5.41, 5.74) is 10.7. The highest BCUT2D eigenvalue weighted by atomic mass is 35.5. The first kappa shape index (κ1) is 21.7. The summed E-state index contributed by atoms with van der Waals surface area (Å²) in [5.74, 6) is 2.87. The van der Waals surface area contributed by atoms with Crippen molar-refractivity contribution >= 4 is 28.6 Å². The molecule has 0 atom stereocenters. The van der Waals surface area contributed by atoms with Crippen LogP contribution in [0.1, 0.15) is 37.2 Å². The number of imidazole rings is 1. The van der Waals surface area contributed by atoms with Gasteiger partial charge in [0, 0.05) is 31.0 Å². The fourth-order valence-corrected chi connectivity index (χ4v) is 4.46. The van der Waals surface area contributed by atoms with Crippen LogP contribution in [0.3, 0.4) is 0 Å². The smallest absolute Gasteiger partial charge is 0.226 e. The van der Waals surface area contributed by atoms with Gasteiger partial charge in [0.1, 0.15) is 17.3 Å². The van der Waals surface area contributed by atoms with E-state index in [1.807, 2.05) is 12.1 Å². The molecule has 0 radical (unpaired) electrons. The predicted molar refractivity (Wildman–Crippen MR) is 129 cm³/mol. The predicted octanol–water partition coefficient (Wildman–Crippen LogP) is 4.24. The van der Waals surface area contributed by atoms with Crippen LogP contribution in [-0.2, 0) is 19.4 Å². The summed E-state index contributed by atoms with van der Waals surface area (Å²) < 4.78 is 13.6. The lowest BCUT2D eigenvalue weighted by molar-refractivity contribution is 0.357. The van der Waals surface area contributed by atoms with Crippen LogP contribution in [0.5, 0.6) is 5.75 Å². The van der Waals surface area contributed by atoms with Crippen LogP contribution >= 0.6 is 11.6 Å². The van der Waals surface area contributed by atoms with Gasteiger partial charge in [-0.3, -0.25) is 0 Å². The molecule has 3 aromatic heterocycles. The minimum atomic E-state index is 0.124. The summed E-state index contributed by atoms with van der Waals surface area (Å²) in [6.45, 7) is 6.60. The molecule has 172 valence electrons. The van der Waals surface area contributed by atoms with Gasteiger partial charge in [-0.25, -0.2) is 4.98 Å². The molecule has 0 bridgehead atoms. The number of hydrogen-bond donors (Lipinski definition) is 2. The van der Waals surface area contributed by atoms with Gasteiger partial charge in [-0.1, -0.05) is 19.9 Å². The number of anilines is 1. The summed E-state index contributed by atoms with van der Waals surface area (Å²) in [4.78, 5) is 13.4. The molecule has 0 unspecified atom stereocenters. The number of halogens is 1. The van der Waals surface area contributed by atoms with E-state index in [9.17, 15) is 0 Å². The van der Waals surface area contributed by atoms with Gasteiger partial charge in [-0.15, -0.1) is 0 Å². The maximum absolute atomic E-state index is 6.15. The van der Waals surface area contributed by atoms with Crippen molar-refractivity contribution in [3.05, 3.63) is 52.8 Å². The molecule has 1 aliphatic rings. The average molecular weight is 467 g/mol. The molecule has 8 nitrogen and oxygen atoms in total. The zero-order valence-electron chi connectivity index (χ0n) is 18.8. The number of hydrogen-bond acceptors (Lipinski definition) is 7. The van der Waals surface area contributed by atoms with Crippen molar-refractivity contribution in [3.8, 4) is 17.1 Å². The van der Waals surface area contributed by atoms with E-state index in [1.54, 1.807) is 6.26 Å². The van der Waals surface area contributed by atoms with Gasteiger partial charge in [0.2, 0.25) is 5.28 Å². The highest BCUT2D eigenvalue weighted by molar-refractivity contribution is 6.28. The third-order valence-electron chi connectivity index (χ3n) is 5.83. The maximum Gasteiger partial charge on any atom is 0.226 e. The van der Waals surface area contributed by atoms with Crippen molar-refractivity contribution in [1.29, 1.82) is 0 Å².